The number of benzene rings is 2. The third-order valence-electron chi connectivity index (χ3n) is 3.21. The van der Waals surface area contributed by atoms with Crippen molar-refractivity contribution in [3.8, 4) is 5.75 Å². The van der Waals surface area contributed by atoms with Crippen molar-refractivity contribution in [2.75, 3.05) is 13.7 Å². The topological polar surface area (TPSA) is 59.9 Å². The minimum absolute atomic E-state index is 0.328. The summed E-state index contributed by atoms with van der Waals surface area (Å²) in [5.41, 5.74) is 4.11. The van der Waals surface area contributed by atoms with Gasteiger partial charge in [-0.2, -0.15) is 5.10 Å². The maximum absolute atomic E-state index is 12.2. The quantitative estimate of drug-likeness (QED) is 0.461. The van der Waals surface area contributed by atoms with Gasteiger partial charge in [0.2, 0.25) is 0 Å². The molecule has 1 amide bonds. The lowest BCUT2D eigenvalue weighted by Gasteiger charge is -2.13. The molecule has 124 valence electrons. The second-order valence-electron chi connectivity index (χ2n) is 4.93. The molecule has 2 aromatic carbocycles. The van der Waals surface area contributed by atoms with Crippen LogP contribution in [0.3, 0.4) is 0 Å². The van der Waals surface area contributed by atoms with Gasteiger partial charge in [0.1, 0.15) is 12.4 Å². The third kappa shape index (κ3) is 5.07. The fourth-order valence-corrected chi connectivity index (χ4v) is 2.06. The van der Waals surface area contributed by atoms with Gasteiger partial charge in [-0.05, 0) is 35.4 Å². The second kappa shape index (κ2) is 9.27. The fraction of sp³-hybridized carbons (Fsp3) is 0.158. The Labute approximate surface area is 141 Å². The van der Waals surface area contributed by atoms with Crippen molar-refractivity contribution in [3.05, 3.63) is 78.4 Å². The lowest BCUT2D eigenvalue weighted by Crippen LogP contribution is -2.26. The molecule has 1 N–H and O–H groups in total. The summed E-state index contributed by atoms with van der Waals surface area (Å²) in [6, 6.07) is 16.6. The predicted molar refractivity (Wildman–Crippen MR) is 94.1 cm³/mol. The molecule has 5 heteroatoms. The number of rotatable bonds is 8. The summed E-state index contributed by atoms with van der Waals surface area (Å²) < 4.78 is 10.6. The Bertz CT molecular complexity index is 682. The summed E-state index contributed by atoms with van der Waals surface area (Å²) in [5.74, 6) is 0.422. The zero-order chi connectivity index (χ0) is 17.2. The molecule has 24 heavy (non-hydrogen) atoms. The van der Waals surface area contributed by atoms with Crippen LogP contribution in [0.5, 0.6) is 5.75 Å². The minimum atomic E-state index is -0.696. The van der Waals surface area contributed by atoms with E-state index < -0.39 is 6.10 Å². The van der Waals surface area contributed by atoms with Gasteiger partial charge in [0.05, 0.1) is 6.21 Å². The van der Waals surface area contributed by atoms with Crippen molar-refractivity contribution >= 4 is 12.1 Å². The summed E-state index contributed by atoms with van der Waals surface area (Å²) in [4.78, 5) is 12.2. The monoisotopic (exact) mass is 324 g/mol. The molecule has 2 aromatic rings. The first-order chi connectivity index (χ1) is 11.7. The van der Waals surface area contributed by atoms with Gasteiger partial charge in [0.25, 0.3) is 5.91 Å². The van der Waals surface area contributed by atoms with E-state index in [1.54, 1.807) is 12.3 Å². The van der Waals surface area contributed by atoms with Crippen molar-refractivity contribution < 1.29 is 14.3 Å². The molecule has 0 heterocycles. The largest absolute Gasteiger partial charge is 0.490 e. The average Bonchev–Trinajstić information content (AvgIpc) is 2.62. The number of hydrazone groups is 1. The minimum Gasteiger partial charge on any atom is -0.490 e. The first-order valence-electron chi connectivity index (χ1n) is 7.49. The average molecular weight is 324 g/mol. The highest BCUT2D eigenvalue weighted by molar-refractivity contribution is 5.85. The Morgan fingerprint density at radius 2 is 1.92 bits per heavy atom. The van der Waals surface area contributed by atoms with E-state index in [9.17, 15) is 4.79 Å². The van der Waals surface area contributed by atoms with Gasteiger partial charge in [-0.25, -0.2) is 5.43 Å². The molecule has 0 saturated carbocycles. The summed E-state index contributed by atoms with van der Waals surface area (Å²) in [5, 5.41) is 3.97. The summed E-state index contributed by atoms with van der Waals surface area (Å²) in [7, 11) is 1.49. The number of nitrogens with zero attached hydrogens (tertiary/aromatic N) is 1. The summed E-state index contributed by atoms with van der Waals surface area (Å²) in [6.45, 7) is 4.06. The highest BCUT2D eigenvalue weighted by atomic mass is 16.5. The molecule has 1 atom stereocenters. The standard InChI is InChI=1S/C19H20N2O3/c1-3-13-24-17-11-9-15(10-12-17)14-20-21-19(22)18(23-2)16-7-5-4-6-8-16/h3-12,14,18H,1,13H2,2H3,(H,21,22)/b20-14-/t18-/m0/s1. The number of amides is 1. The number of methoxy groups -OCH3 is 1. The smallest absolute Gasteiger partial charge is 0.273 e. The fourth-order valence-electron chi connectivity index (χ4n) is 2.06. The summed E-state index contributed by atoms with van der Waals surface area (Å²) in [6.07, 6.45) is 2.55. The number of hydrogen-bond acceptors (Lipinski definition) is 4. The van der Waals surface area contributed by atoms with E-state index in [1.165, 1.54) is 7.11 Å². The van der Waals surface area contributed by atoms with Crippen molar-refractivity contribution in [1.82, 2.24) is 5.43 Å². The lowest BCUT2D eigenvalue weighted by atomic mass is 10.1. The van der Waals surface area contributed by atoms with Crippen LogP contribution in [0.25, 0.3) is 0 Å². The maximum atomic E-state index is 12.2. The van der Waals surface area contributed by atoms with Gasteiger partial charge < -0.3 is 9.47 Å². The van der Waals surface area contributed by atoms with Crippen LogP contribution in [0.2, 0.25) is 0 Å². The molecule has 0 spiro atoms. The van der Waals surface area contributed by atoms with Gasteiger partial charge in [-0.1, -0.05) is 43.0 Å². The van der Waals surface area contributed by atoms with Crippen molar-refractivity contribution in [1.29, 1.82) is 0 Å². The number of hydrogen-bond donors (Lipinski definition) is 1. The molecule has 0 aromatic heterocycles. The molecule has 0 radical (unpaired) electrons. The molecule has 2 rings (SSSR count). The highest BCUT2D eigenvalue weighted by Crippen LogP contribution is 2.16. The Kier molecular flexibility index (Phi) is 6.73. The Balaban J connectivity index is 1.92. The van der Waals surface area contributed by atoms with Crippen molar-refractivity contribution in [2.24, 2.45) is 5.10 Å². The predicted octanol–water partition coefficient (Wildman–Crippen LogP) is 3.09. The highest BCUT2D eigenvalue weighted by Gasteiger charge is 2.18. The molecule has 0 saturated heterocycles. The molecule has 0 aliphatic rings. The lowest BCUT2D eigenvalue weighted by molar-refractivity contribution is -0.131. The van der Waals surface area contributed by atoms with Crippen LogP contribution in [-0.4, -0.2) is 25.8 Å². The Morgan fingerprint density at radius 1 is 1.21 bits per heavy atom. The van der Waals surface area contributed by atoms with E-state index in [-0.39, 0.29) is 5.91 Å². The zero-order valence-electron chi connectivity index (χ0n) is 13.5. The molecule has 0 aliphatic heterocycles. The van der Waals surface area contributed by atoms with Crippen LogP contribution in [0.15, 0.2) is 72.4 Å². The number of nitrogens with one attached hydrogen (secondary N) is 1. The SMILES string of the molecule is C=CCOc1ccc(/C=N\NC(=O)[C@@H](OC)c2ccccc2)cc1. The third-order valence-corrected chi connectivity index (χ3v) is 3.21. The van der Waals surface area contributed by atoms with Crippen LogP contribution < -0.4 is 10.2 Å². The molecular weight excluding hydrogens is 304 g/mol. The van der Waals surface area contributed by atoms with Gasteiger partial charge >= 0.3 is 0 Å². The van der Waals surface area contributed by atoms with Crippen LogP contribution in [-0.2, 0) is 9.53 Å². The van der Waals surface area contributed by atoms with Crippen molar-refractivity contribution in [2.45, 2.75) is 6.10 Å². The first-order valence-corrected chi connectivity index (χ1v) is 7.49. The second-order valence-corrected chi connectivity index (χ2v) is 4.93. The maximum Gasteiger partial charge on any atom is 0.273 e. The van der Waals surface area contributed by atoms with Crippen LogP contribution in [0, 0.1) is 0 Å². The normalized spacial score (nSPS) is 11.9. The zero-order valence-corrected chi connectivity index (χ0v) is 13.5. The van der Waals surface area contributed by atoms with Crippen LogP contribution in [0.4, 0.5) is 0 Å². The molecule has 0 aliphatic carbocycles. The molecule has 0 bridgehead atoms. The van der Waals surface area contributed by atoms with Crippen molar-refractivity contribution in [3.63, 3.8) is 0 Å². The number of carbonyl (C=O) groups excluding carboxylic acids is 1. The van der Waals surface area contributed by atoms with E-state index in [4.69, 9.17) is 9.47 Å². The Hall–Kier alpha value is -2.92. The molecular formula is C19H20N2O3. The van der Waals surface area contributed by atoms with E-state index >= 15 is 0 Å². The number of ether oxygens (including phenoxy) is 2. The molecule has 0 fully saturated rings. The summed E-state index contributed by atoms with van der Waals surface area (Å²) >= 11 is 0. The van der Waals surface area contributed by atoms with Crippen LogP contribution in [0.1, 0.15) is 17.2 Å². The molecule has 0 unspecified atom stereocenters. The van der Waals surface area contributed by atoms with E-state index in [1.807, 2.05) is 54.6 Å². The van der Waals surface area contributed by atoms with E-state index in [0.29, 0.717) is 6.61 Å². The van der Waals surface area contributed by atoms with Gasteiger partial charge in [0.15, 0.2) is 6.10 Å². The molecule has 5 nitrogen and oxygen atoms in total. The number of carbonyl (C=O) groups is 1. The van der Waals surface area contributed by atoms with E-state index in [0.717, 1.165) is 16.9 Å². The van der Waals surface area contributed by atoms with Gasteiger partial charge in [-0.3, -0.25) is 4.79 Å². The van der Waals surface area contributed by atoms with Gasteiger partial charge in [0, 0.05) is 7.11 Å². The first kappa shape index (κ1) is 17.4. The van der Waals surface area contributed by atoms with E-state index in [2.05, 4.69) is 17.1 Å². The van der Waals surface area contributed by atoms with Gasteiger partial charge in [-0.15, -0.1) is 0 Å². The Morgan fingerprint density at radius 3 is 2.54 bits per heavy atom. The van der Waals surface area contributed by atoms with Crippen LogP contribution >= 0.6 is 0 Å².